The summed E-state index contributed by atoms with van der Waals surface area (Å²) in [5.41, 5.74) is 3.39. The molecule has 104 valence electrons. The molecule has 1 aliphatic rings. The van der Waals surface area contributed by atoms with Gasteiger partial charge in [0.05, 0.1) is 11.7 Å². The van der Waals surface area contributed by atoms with Crippen molar-refractivity contribution in [2.45, 2.75) is 19.0 Å². The van der Waals surface area contributed by atoms with Gasteiger partial charge in [0.25, 0.3) is 0 Å². The van der Waals surface area contributed by atoms with Crippen molar-refractivity contribution in [1.82, 2.24) is 14.5 Å². The van der Waals surface area contributed by atoms with Crippen LogP contribution in [0.4, 0.5) is 5.95 Å². The number of imidazole rings is 1. The molecule has 1 aromatic carbocycles. The van der Waals surface area contributed by atoms with Crippen LogP contribution in [-0.2, 0) is 6.54 Å². The molecule has 0 saturated carbocycles. The molecular weight excluding hydrogens is 260 g/mol. The van der Waals surface area contributed by atoms with Gasteiger partial charge in [-0.3, -0.25) is 4.98 Å². The van der Waals surface area contributed by atoms with Gasteiger partial charge in [-0.1, -0.05) is 36.4 Å². The number of aromatic nitrogens is 3. The van der Waals surface area contributed by atoms with Crippen LogP contribution in [0.1, 0.15) is 18.0 Å². The van der Waals surface area contributed by atoms with Crippen LogP contribution in [0.5, 0.6) is 0 Å². The molecule has 2 aromatic heterocycles. The highest BCUT2D eigenvalue weighted by molar-refractivity contribution is 5.61. The summed E-state index contributed by atoms with van der Waals surface area (Å²) >= 11 is 0. The van der Waals surface area contributed by atoms with Crippen molar-refractivity contribution < 1.29 is 0 Å². The van der Waals surface area contributed by atoms with E-state index in [0.717, 1.165) is 30.2 Å². The van der Waals surface area contributed by atoms with Crippen molar-refractivity contribution in [1.29, 1.82) is 0 Å². The molecule has 1 unspecified atom stereocenters. The first-order valence-corrected chi connectivity index (χ1v) is 7.19. The van der Waals surface area contributed by atoms with E-state index in [1.165, 1.54) is 5.56 Å². The van der Waals surface area contributed by atoms with Gasteiger partial charge < -0.3 is 9.88 Å². The quantitative estimate of drug-likeness (QED) is 0.779. The lowest BCUT2D eigenvalue weighted by Crippen LogP contribution is -2.21. The third-order valence-corrected chi connectivity index (χ3v) is 3.89. The van der Waals surface area contributed by atoms with Gasteiger partial charge >= 0.3 is 0 Å². The Morgan fingerprint density at radius 3 is 2.81 bits per heavy atom. The summed E-state index contributed by atoms with van der Waals surface area (Å²) in [5.74, 6) is 0.939. The molecule has 3 heterocycles. The summed E-state index contributed by atoms with van der Waals surface area (Å²) in [5, 5.41) is 3.52. The van der Waals surface area contributed by atoms with Crippen LogP contribution >= 0.6 is 0 Å². The molecule has 0 aliphatic carbocycles. The molecule has 0 fully saturated rings. The number of hydrogen-bond donors (Lipinski definition) is 1. The van der Waals surface area contributed by atoms with E-state index in [2.05, 4.69) is 39.3 Å². The molecule has 4 nitrogen and oxygen atoms in total. The van der Waals surface area contributed by atoms with Crippen molar-refractivity contribution >= 4 is 5.95 Å². The fourth-order valence-corrected chi connectivity index (χ4v) is 2.78. The van der Waals surface area contributed by atoms with Gasteiger partial charge in [-0.15, -0.1) is 0 Å². The third-order valence-electron chi connectivity index (χ3n) is 3.89. The second-order valence-corrected chi connectivity index (χ2v) is 5.28. The molecule has 1 N–H and O–H groups in total. The monoisotopic (exact) mass is 276 g/mol. The average Bonchev–Trinajstić information content (AvgIpc) is 2.99. The van der Waals surface area contributed by atoms with Gasteiger partial charge in [0, 0.05) is 30.7 Å². The highest BCUT2D eigenvalue weighted by Gasteiger charge is 2.21. The Morgan fingerprint density at radius 1 is 1.10 bits per heavy atom. The zero-order valence-corrected chi connectivity index (χ0v) is 11.6. The molecule has 1 aliphatic heterocycles. The van der Waals surface area contributed by atoms with E-state index in [1.807, 2.05) is 30.5 Å². The van der Waals surface area contributed by atoms with Gasteiger partial charge in [0.15, 0.2) is 0 Å². The van der Waals surface area contributed by atoms with Crippen LogP contribution in [0.15, 0.2) is 61.1 Å². The van der Waals surface area contributed by atoms with Crippen LogP contribution in [0.25, 0.3) is 11.3 Å². The van der Waals surface area contributed by atoms with E-state index in [9.17, 15) is 0 Å². The Balaban J connectivity index is 1.63. The van der Waals surface area contributed by atoms with Crippen LogP contribution in [0.3, 0.4) is 0 Å². The number of nitrogens with zero attached hydrogens (tertiary/aromatic N) is 3. The SMILES string of the molecule is c1ccc(-c2cn3c(n2)NC(c2cccnc2)CC3)cc1. The van der Waals surface area contributed by atoms with Crippen LogP contribution in [0, 0.1) is 0 Å². The highest BCUT2D eigenvalue weighted by atomic mass is 15.2. The Labute approximate surface area is 123 Å². The molecular formula is C17H16N4. The van der Waals surface area contributed by atoms with Gasteiger partial charge in [-0.2, -0.15) is 0 Å². The van der Waals surface area contributed by atoms with Crippen molar-refractivity contribution in [2.24, 2.45) is 0 Å². The molecule has 4 heteroatoms. The Bertz CT molecular complexity index is 734. The fourth-order valence-electron chi connectivity index (χ4n) is 2.78. The van der Waals surface area contributed by atoms with E-state index < -0.39 is 0 Å². The molecule has 21 heavy (non-hydrogen) atoms. The molecule has 0 saturated heterocycles. The summed E-state index contributed by atoms with van der Waals surface area (Å²) < 4.78 is 2.19. The largest absolute Gasteiger partial charge is 0.349 e. The number of nitrogens with one attached hydrogen (secondary N) is 1. The Morgan fingerprint density at radius 2 is 2.00 bits per heavy atom. The predicted octanol–water partition coefficient (Wildman–Crippen LogP) is 3.50. The summed E-state index contributed by atoms with van der Waals surface area (Å²) in [6.45, 7) is 0.974. The normalized spacial score (nSPS) is 17.0. The summed E-state index contributed by atoms with van der Waals surface area (Å²) in [6.07, 6.45) is 6.90. The number of anilines is 1. The lowest BCUT2D eigenvalue weighted by molar-refractivity contribution is 0.541. The molecule has 1 atom stereocenters. The van der Waals surface area contributed by atoms with Crippen LogP contribution < -0.4 is 5.32 Å². The summed E-state index contributed by atoms with van der Waals surface area (Å²) in [7, 11) is 0. The first kappa shape index (κ1) is 12.1. The van der Waals surface area contributed by atoms with Crippen molar-refractivity contribution in [3.63, 3.8) is 0 Å². The lowest BCUT2D eigenvalue weighted by atomic mass is 10.1. The van der Waals surface area contributed by atoms with Gasteiger partial charge in [0.1, 0.15) is 0 Å². The third kappa shape index (κ3) is 2.29. The van der Waals surface area contributed by atoms with Crippen molar-refractivity contribution in [3.8, 4) is 11.3 Å². The summed E-state index contributed by atoms with van der Waals surface area (Å²) in [4.78, 5) is 8.93. The Kier molecular flexibility index (Phi) is 2.92. The van der Waals surface area contributed by atoms with E-state index in [0.29, 0.717) is 0 Å². The number of aryl methyl sites for hydroxylation is 1. The van der Waals surface area contributed by atoms with Crippen molar-refractivity contribution in [2.75, 3.05) is 5.32 Å². The zero-order chi connectivity index (χ0) is 14.1. The fraction of sp³-hybridized carbons (Fsp3) is 0.176. The first-order valence-electron chi connectivity index (χ1n) is 7.19. The van der Waals surface area contributed by atoms with Crippen LogP contribution in [-0.4, -0.2) is 14.5 Å². The minimum Gasteiger partial charge on any atom is -0.349 e. The molecule has 0 amide bonds. The number of pyridine rings is 1. The Hall–Kier alpha value is -2.62. The van der Waals surface area contributed by atoms with E-state index in [1.54, 1.807) is 6.20 Å². The molecule has 3 aromatic rings. The zero-order valence-electron chi connectivity index (χ0n) is 11.6. The predicted molar refractivity (Wildman–Crippen MR) is 82.9 cm³/mol. The van der Waals surface area contributed by atoms with E-state index in [4.69, 9.17) is 4.98 Å². The lowest BCUT2D eigenvalue weighted by Gasteiger charge is -2.25. The minimum atomic E-state index is 0.289. The minimum absolute atomic E-state index is 0.289. The average molecular weight is 276 g/mol. The smallest absolute Gasteiger partial charge is 0.203 e. The van der Waals surface area contributed by atoms with Crippen molar-refractivity contribution in [3.05, 3.63) is 66.6 Å². The van der Waals surface area contributed by atoms with E-state index in [-0.39, 0.29) is 6.04 Å². The second-order valence-electron chi connectivity index (χ2n) is 5.28. The van der Waals surface area contributed by atoms with E-state index >= 15 is 0 Å². The molecule has 0 spiro atoms. The maximum absolute atomic E-state index is 4.73. The maximum atomic E-state index is 4.73. The van der Waals surface area contributed by atoms with Gasteiger partial charge in [-0.05, 0) is 18.1 Å². The van der Waals surface area contributed by atoms with Crippen LogP contribution in [0.2, 0.25) is 0 Å². The number of fused-ring (bicyclic) bond motifs is 1. The maximum Gasteiger partial charge on any atom is 0.203 e. The molecule has 0 bridgehead atoms. The first-order chi connectivity index (χ1) is 10.4. The highest BCUT2D eigenvalue weighted by Crippen LogP contribution is 2.30. The molecule has 4 rings (SSSR count). The standard InChI is InChI=1S/C17H16N4/c1-2-5-13(6-3-1)16-12-21-10-8-15(19-17(21)20-16)14-7-4-9-18-11-14/h1-7,9,11-12,15H,8,10H2,(H,19,20). The topological polar surface area (TPSA) is 42.7 Å². The second kappa shape index (κ2) is 5.05. The number of hydrogen-bond acceptors (Lipinski definition) is 3. The summed E-state index contributed by atoms with van der Waals surface area (Å²) in [6, 6.07) is 14.7. The number of rotatable bonds is 2. The van der Waals surface area contributed by atoms with Gasteiger partial charge in [0.2, 0.25) is 5.95 Å². The number of benzene rings is 1. The van der Waals surface area contributed by atoms with Gasteiger partial charge in [-0.25, -0.2) is 4.98 Å². The molecule has 0 radical (unpaired) electrons.